The Morgan fingerprint density at radius 2 is 1.68 bits per heavy atom. The predicted octanol–water partition coefficient (Wildman–Crippen LogP) is 4.86. The van der Waals surface area contributed by atoms with Gasteiger partial charge in [-0.3, -0.25) is 4.79 Å². The summed E-state index contributed by atoms with van der Waals surface area (Å²) in [5.74, 6) is -0.862. The SMILES string of the molecule is O=C(O)Cc1ccccc1Nc1ccc2ccccc2c1Cl. The minimum absolute atomic E-state index is 0.0334. The van der Waals surface area contributed by atoms with Crippen molar-refractivity contribution in [2.75, 3.05) is 5.32 Å². The number of halogens is 1. The number of benzene rings is 3. The molecule has 0 spiro atoms. The van der Waals surface area contributed by atoms with Crippen molar-refractivity contribution in [1.29, 1.82) is 0 Å². The van der Waals surface area contributed by atoms with Crippen LogP contribution in [0.15, 0.2) is 60.7 Å². The molecule has 0 amide bonds. The van der Waals surface area contributed by atoms with Crippen molar-refractivity contribution in [2.24, 2.45) is 0 Å². The van der Waals surface area contributed by atoms with Crippen molar-refractivity contribution in [3.05, 3.63) is 71.2 Å². The highest BCUT2D eigenvalue weighted by atomic mass is 35.5. The third kappa shape index (κ3) is 2.90. The van der Waals surface area contributed by atoms with Gasteiger partial charge < -0.3 is 10.4 Å². The van der Waals surface area contributed by atoms with E-state index in [9.17, 15) is 4.79 Å². The molecule has 0 atom stereocenters. The van der Waals surface area contributed by atoms with Gasteiger partial charge in [0.05, 0.1) is 17.1 Å². The van der Waals surface area contributed by atoms with E-state index in [1.807, 2.05) is 54.6 Å². The number of carboxylic acid groups (broad SMARTS) is 1. The number of nitrogens with one attached hydrogen (secondary N) is 1. The molecule has 3 aromatic carbocycles. The average molecular weight is 312 g/mol. The second kappa shape index (κ2) is 6.08. The van der Waals surface area contributed by atoms with Gasteiger partial charge in [-0.1, -0.05) is 60.1 Å². The van der Waals surface area contributed by atoms with E-state index in [1.54, 1.807) is 6.07 Å². The summed E-state index contributed by atoms with van der Waals surface area (Å²) in [6.45, 7) is 0. The molecule has 0 aliphatic heterocycles. The minimum Gasteiger partial charge on any atom is -0.481 e. The molecular formula is C18H14ClNO2. The number of hydrogen-bond donors (Lipinski definition) is 2. The first kappa shape index (κ1) is 14.4. The molecule has 0 fully saturated rings. The molecule has 3 aromatic rings. The molecular weight excluding hydrogens is 298 g/mol. The van der Waals surface area contributed by atoms with Gasteiger partial charge in [0.1, 0.15) is 0 Å². The molecule has 0 aliphatic carbocycles. The molecule has 0 unspecified atom stereocenters. The van der Waals surface area contributed by atoms with Crippen LogP contribution in [0.3, 0.4) is 0 Å². The van der Waals surface area contributed by atoms with Gasteiger partial charge in [-0.05, 0) is 23.1 Å². The molecule has 0 aromatic heterocycles. The molecule has 110 valence electrons. The summed E-state index contributed by atoms with van der Waals surface area (Å²) in [5.41, 5.74) is 2.24. The number of aliphatic carboxylic acids is 1. The minimum atomic E-state index is -0.862. The van der Waals surface area contributed by atoms with Crippen molar-refractivity contribution in [3.63, 3.8) is 0 Å². The zero-order chi connectivity index (χ0) is 15.5. The van der Waals surface area contributed by atoms with Crippen LogP contribution in [0.5, 0.6) is 0 Å². The number of carbonyl (C=O) groups is 1. The molecule has 0 aliphatic rings. The van der Waals surface area contributed by atoms with E-state index < -0.39 is 5.97 Å². The standard InChI is InChI=1S/C18H14ClNO2/c19-18-14-7-3-1-5-12(14)9-10-16(18)20-15-8-4-2-6-13(15)11-17(21)22/h1-10,20H,11H2,(H,21,22). The van der Waals surface area contributed by atoms with Gasteiger partial charge in [0.2, 0.25) is 0 Å². The largest absolute Gasteiger partial charge is 0.481 e. The maximum absolute atomic E-state index is 11.0. The first-order valence-electron chi connectivity index (χ1n) is 6.89. The van der Waals surface area contributed by atoms with Crippen molar-refractivity contribution < 1.29 is 9.90 Å². The molecule has 0 saturated carbocycles. The lowest BCUT2D eigenvalue weighted by molar-refractivity contribution is -0.136. The second-order valence-electron chi connectivity index (χ2n) is 5.00. The van der Waals surface area contributed by atoms with Crippen LogP contribution in [-0.2, 0) is 11.2 Å². The summed E-state index contributed by atoms with van der Waals surface area (Å²) >= 11 is 6.47. The third-order valence-electron chi connectivity index (χ3n) is 3.49. The molecule has 4 heteroatoms. The molecule has 2 N–H and O–H groups in total. The Bertz CT molecular complexity index is 845. The fourth-order valence-electron chi connectivity index (χ4n) is 2.43. The molecule has 3 rings (SSSR count). The maximum Gasteiger partial charge on any atom is 0.307 e. The molecule has 0 heterocycles. The van der Waals surface area contributed by atoms with Gasteiger partial charge in [-0.2, -0.15) is 0 Å². The number of hydrogen-bond acceptors (Lipinski definition) is 2. The molecule has 0 radical (unpaired) electrons. The van der Waals surface area contributed by atoms with Crippen LogP contribution in [-0.4, -0.2) is 11.1 Å². The number of para-hydroxylation sites is 1. The van der Waals surface area contributed by atoms with Crippen LogP contribution in [0.2, 0.25) is 5.02 Å². The van der Waals surface area contributed by atoms with E-state index in [2.05, 4.69) is 5.32 Å². The Morgan fingerprint density at radius 3 is 2.50 bits per heavy atom. The van der Waals surface area contributed by atoms with E-state index in [0.717, 1.165) is 27.7 Å². The van der Waals surface area contributed by atoms with Crippen LogP contribution in [0.25, 0.3) is 10.8 Å². The number of rotatable bonds is 4. The Hall–Kier alpha value is -2.52. The van der Waals surface area contributed by atoms with Crippen molar-refractivity contribution in [3.8, 4) is 0 Å². The topological polar surface area (TPSA) is 49.3 Å². The molecule has 22 heavy (non-hydrogen) atoms. The highest BCUT2D eigenvalue weighted by Crippen LogP contribution is 2.33. The maximum atomic E-state index is 11.0. The normalized spacial score (nSPS) is 10.6. The van der Waals surface area contributed by atoms with E-state index in [0.29, 0.717) is 5.02 Å². The summed E-state index contributed by atoms with van der Waals surface area (Å²) in [4.78, 5) is 11.0. The Morgan fingerprint density at radius 1 is 0.955 bits per heavy atom. The fraction of sp³-hybridized carbons (Fsp3) is 0.0556. The zero-order valence-electron chi connectivity index (χ0n) is 11.7. The van der Waals surface area contributed by atoms with Gasteiger partial charge in [0.25, 0.3) is 0 Å². The van der Waals surface area contributed by atoms with Gasteiger partial charge >= 0.3 is 5.97 Å². The number of anilines is 2. The summed E-state index contributed by atoms with van der Waals surface area (Å²) < 4.78 is 0. The first-order valence-corrected chi connectivity index (χ1v) is 7.27. The summed E-state index contributed by atoms with van der Waals surface area (Å²) in [5, 5.41) is 14.9. The fourth-order valence-corrected chi connectivity index (χ4v) is 2.72. The average Bonchev–Trinajstić information content (AvgIpc) is 2.51. The van der Waals surface area contributed by atoms with Crippen LogP contribution in [0.4, 0.5) is 11.4 Å². The van der Waals surface area contributed by atoms with Crippen LogP contribution in [0.1, 0.15) is 5.56 Å². The monoisotopic (exact) mass is 311 g/mol. The van der Waals surface area contributed by atoms with E-state index in [-0.39, 0.29) is 6.42 Å². The van der Waals surface area contributed by atoms with Crippen LogP contribution >= 0.6 is 11.6 Å². The predicted molar refractivity (Wildman–Crippen MR) is 90.0 cm³/mol. The smallest absolute Gasteiger partial charge is 0.307 e. The van der Waals surface area contributed by atoms with E-state index in [1.165, 1.54) is 0 Å². The zero-order valence-corrected chi connectivity index (χ0v) is 12.5. The number of fused-ring (bicyclic) bond motifs is 1. The van der Waals surface area contributed by atoms with Gasteiger partial charge in [0, 0.05) is 11.1 Å². The van der Waals surface area contributed by atoms with E-state index >= 15 is 0 Å². The first-order chi connectivity index (χ1) is 10.6. The third-order valence-corrected chi connectivity index (χ3v) is 3.90. The Balaban J connectivity index is 2.00. The van der Waals surface area contributed by atoms with Crippen molar-refractivity contribution >= 4 is 39.7 Å². The van der Waals surface area contributed by atoms with Crippen molar-refractivity contribution in [2.45, 2.75) is 6.42 Å². The van der Waals surface area contributed by atoms with Crippen molar-refractivity contribution in [1.82, 2.24) is 0 Å². The summed E-state index contributed by atoms with van der Waals surface area (Å²) in [6.07, 6.45) is -0.0334. The van der Waals surface area contributed by atoms with Gasteiger partial charge in [0.15, 0.2) is 0 Å². The molecule has 3 nitrogen and oxygen atoms in total. The lowest BCUT2D eigenvalue weighted by Gasteiger charge is -2.13. The van der Waals surface area contributed by atoms with Gasteiger partial charge in [-0.25, -0.2) is 0 Å². The second-order valence-corrected chi connectivity index (χ2v) is 5.38. The summed E-state index contributed by atoms with van der Waals surface area (Å²) in [6, 6.07) is 19.1. The van der Waals surface area contributed by atoms with Gasteiger partial charge in [-0.15, -0.1) is 0 Å². The quantitative estimate of drug-likeness (QED) is 0.723. The summed E-state index contributed by atoms with van der Waals surface area (Å²) in [7, 11) is 0. The Kier molecular flexibility index (Phi) is 3.98. The van der Waals surface area contributed by atoms with Crippen LogP contribution in [0, 0.1) is 0 Å². The number of carboxylic acids is 1. The highest BCUT2D eigenvalue weighted by Gasteiger charge is 2.09. The Labute approximate surface area is 133 Å². The lowest BCUT2D eigenvalue weighted by atomic mass is 10.1. The highest BCUT2D eigenvalue weighted by molar-refractivity contribution is 6.38. The molecule has 0 saturated heterocycles. The van der Waals surface area contributed by atoms with Crippen LogP contribution < -0.4 is 5.32 Å². The lowest BCUT2D eigenvalue weighted by Crippen LogP contribution is -2.03. The molecule has 0 bridgehead atoms. The van der Waals surface area contributed by atoms with E-state index in [4.69, 9.17) is 16.7 Å².